The lowest BCUT2D eigenvalue weighted by Gasteiger charge is -2.26. The minimum atomic E-state index is 0.276. The van der Waals surface area contributed by atoms with Crippen LogP contribution in [0.4, 0.5) is 5.69 Å². The van der Waals surface area contributed by atoms with Gasteiger partial charge in [-0.2, -0.15) is 0 Å². The van der Waals surface area contributed by atoms with Crippen molar-refractivity contribution in [3.8, 4) is 0 Å². The number of nitrogens with two attached hydrogens (primary N) is 2. The van der Waals surface area contributed by atoms with Gasteiger partial charge in [-0.15, -0.1) is 0 Å². The Bertz CT molecular complexity index is 861. The van der Waals surface area contributed by atoms with Crippen LogP contribution in [0.1, 0.15) is 50.8 Å². The normalized spacial score (nSPS) is 21.7. The molecule has 5 N–H and O–H groups in total. The molecule has 28 heavy (non-hydrogen) atoms. The summed E-state index contributed by atoms with van der Waals surface area (Å²) in [5, 5.41) is 0. The monoisotopic (exact) mass is 377 g/mol. The molecule has 0 radical (unpaired) electrons. The zero-order valence-corrected chi connectivity index (χ0v) is 16.9. The highest BCUT2D eigenvalue weighted by molar-refractivity contribution is 6.29. The van der Waals surface area contributed by atoms with Crippen molar-refractivity contribution in [2.75, 3.05) is 0 Å². The van der Waals surface area contributed by atoms with Gasteiger partial charge in [0.25, 0.3) is 0 Å². The van der Waals surface area contributed by atoms with E-state index in [-0.39, 0.29) is 6.04 Å². The average molecular weight is 378 g/mol. The standard InChI is InChI=1S/C23H31N5/c1-3-17-10-5-7-12-20(17)28-23(25)18(15-24)22(21-13-8-14-26-21)27-19-11-6-4-9-16(19)2/h5,7-8,10,12-16,19,26H,3-4,6,9,11,24H2,1-2H3,(H2,25,28)/b18-15+,27-22?. The first-order valence-electron chi connectivity index (χ1n) is 10.2. The van der Waals surface area contributed by atoms with Crippen LogP contribution in [-0.2, 0) is 6.42 Å². The lowest BCUT2D eigenvalue weighted by molar-refractivity contribution is 0.333. The number of H-pyrrole nitrogens is 1. The van der Waals surface area contributed by atoms with Crippen LogP contribution in [0.2, 0.25) is 0 Å². The molecule has 1 fully saturated rings. The lowest BCUT2D eigenvalue weighted by atomic mass is 9.86. The lowest BCUT2D eigenvalue weighted by Crippen LogP contribution is -2.27. The number of amidine groups is 1. The molecule has 1 aromatic carbocycles. The van der Waals surface area contributed by atoms with Gasteiger partial charge in [0.2, 0.25) is 0 Å². The molecule has 2 atom stereocenters. The Morgan fingerprint density at radius 3 is 2.64 bits per heavy atom. The summed E-state index contributed by atoms with van der Waals surface area (Å²) in [6, 6.07) is 12.3. The van der Waals surface area contributed by atoms with Crippen LogP contribution >= 0.6 is 0 Å². The Balaban J connectivity index is 2.01. The number of hydrogen-bond acceptors (Lipinski definition) is 3. The quantitative estimate of drug-likeness (QED) is 0.511. The molecule has 3 rings (SSSR count). The van der Waals surface area contributed by atoms with Crippen molar-refractivity contribution in [1.82, 2.24) is 4.98 Å². The number of aromatic amines is 1. The number of aliphatic imine (C=N–C) groups is 2. The highest BCUT2D eigenvalue weighted by atomic mass is 14.9. The summed E-state index contributed by atoms with van der Waals surface area (Å²) in [7, 11) is 0. The molecule has 1 aliphatic rings. The van der Waals surface area contributed by atoms with E-state index in [0.717, 1.165) is 35.5 Å². The maximum atomic E-state index is 6.44. The van der Waals surface area contributed by atoms with Crippen LogP contribution < -0.4 is 11.5 Å². The molecule has 1 heterocycles. The minimum Gasteiger partial charge on any atom is -0.404 e. The van der Waals surface area contributed by atoms with Crippen molar-refractivity contribution >= 4 is 17.2 Å². The molecule has 148 valence electrons. The van der Waals surface area contributed by atoms with Gasteiger partial charge in [0, 0.05) is 12.4 Å². The predicted molar refractivity (Wildman–Crippen MR) is 118 cm³/mol. The fraction of sp³-hybridized carbons (Fsp3) is 0.391. The molecule has 0 amide bonds. The second-order valence-electron chi connectivity index (χ2n) is 7.45. The van der Waals surface area contributed by atoms with E-state index >= 15 is 0 Å². The summed E-state index contributed by atoms with van der Waals surface area (Å²) >= 11 is 0. The van der Waals surface area contributed by atoms with E-state index in [1.165, 1.54) is 25.5 Å². The Kier molecular flexibility index (Phi) is 6.69. The van der Waals surface area contributed by atoms with Crippen molar-refractivity contribution in [2.24, 2.45) is 27.4 Å². The van der Waals surface area contributed by atoms with E-state index in [1.807, 2.05) is 36.5 Å². The molecule has 0 aliphatic heterocycles. The largest absolute Gasteiger partial charge is 0.404 e. The molecule has 0 saturated heterocycles. The third-order valence-corrected chi connectivity index (χ3v) is 5.53. The average Bonchev–Trinajstić information content (AvgIpc) is 3.24. The van der Waals surface area contributed by atoms with E-state index in [1.54, 1.807) is 0 Å². The zero-order chi connectivity index (χ0) is 19.9. The van der Waals surface area contributed by atoms with Gasteiger partial charge in [0.15, 0.2) is 0 Å². The highest BCUT2D eigenvalue weighted by Gasteiger charge is 2.23. The molecule has 0 bridgehead atoms. The van der Waals surface area contributed by atoms with Crippen molar-refractivity contribution < 1.29 is 0 Å². The van der Waals surface area contributed by atoms with Gasteiger partial charge < -0.3 is 16.5 Å². The number of benzene rings is 1. The highest BCUT2D eigenvalue weighted by Crippen LogP contribution is 2.28. The number of para-hydroxylation sites is 1. The number of hydrogen-bond donors (Lipinski definition) is 3. The van der Waals surface area contributed by atoms with E-state index in [2.05, 4.69) is 24.9 Å². The molecule has 5 nitrogen and oxygen atoms in total. The third kappa shape index (κ3) is 4.53. The van der Waals surface area contributed by atoms with Gasteiger partial charge >= 0.3 is 0 Å². The Morgan fingerprint density at radius 2 is 1.96 bits per heavy atom. The summed E-state index contributed by atoms with van der Waals surface area (Å²) < 4.78 is 0. The van der Waals surface area contributed by atoms with Gasteiger partial charge in [-0.3, -0.25) is 4.99 Å². The van der Waals surface area contributed by atoms with Gasteiger partial charge in [-0.05, 0) is 48.9 Å². The van der Waals surface area contributed by atoms with E-state index in [4.69, 9.17) is 21.5 Å². The summed E-state index contributed by atoms with van der Waals surface area (Å²) in [6.07, 6.45) is 9.11. The maximum absolute atomic E-state index is 6.44. The Labute approximate surface area is 167 Å². The van der Waals surface area contributed by atoms with Gasteiger partial charge in [0.1, 0.15) is 5.84 Å². The maximum Gasteiger partial charge on any atom is 0.135 e. The fourth-order valence-corrected chi connectivity index (χ4v) is 3.81. The molecule has 5 heteroatoms. The number of rotatable bonds is 6. The van der Waals surface area contributed by atoms with E-state index in [0.29, 0.717) is 17.3 Å². The second-order valence-corrected chi connectivity index (χ2v) is 7.45. The first-order valence-corrected chi connectivity index (χ1v) is 10.2. The molecular weight excluding hydrogens is 346 g/mol. The van der Waals surface area contributed by atoms with Crippen LogP contribution in [0.5, 0.6) is 0 Å². The number of nitrogens with one attached hydrogen (secondary N) is 1. The molecule has 0 spiro atoms. The van der Waals surface area contributed by atoms with Crippen molar-refractivity contribution in [2.45, 2.75) is 52.0 Å². The van der Waals surface area contributed by atoms with E-state index < -0.39 is 0 Å². The minimum absolute atomic E-state index is 0.276. The number of nitrogens with zero attached hydrogens (tertiary/aromatic N) is 2. The Hall–Kier alpha value is -2.82. The number of aryl methyl sites for hydroxylation is 1. The first kappa shape index (κ1) is 19.9. The zero-order valence-electron chi connectivity index (χ0n) is 16.9. The molecule has 1 aliphatic carbocycles. The summed E-state index contributed by atoms with van der Waals surface area (Å²) in [5.41, 5.74) is 16.9. The summed E-state index contributed by atoms with van der Waals surface area (Å²) in [4.78, 5) is 13.1. The van der Waals surface area contributed by atoms with Gasteiger partial charge in [0.05, 0.1) is 28.7 Å². The smallest absolute Gasteiger partial charge is 0.135 e. The number of aromatic nitrogens is 1. The molecule has 2 unspecified atom stereocenters. The van der Waals surface area contributed by atoms with Crippen molar-refractivity contribution in [3.63, 3.8) is 0 Å². The van der Waals surface area contributed by atoms with Crippen molar-refractivity contribution in [1.29, 1.82) is 0 Å². The third-order valence-electron chi connectivity index (χ3n) is 5.53. The van der Waals surface area contributed by atoms with Gasteiger partial charge in [-0.1, -0.05) is 44.9 Å². The molecule has 1 saturated carbocycles. The second kappa shape index (κ2) is 9.40. The summed E-state index contributed by atoms with van der Waals surface area (Å²) in [6.45, 7) is 4.39. The first-order chi connectivity index (χ1) is 13.6. The molecule has 2 aromatic rings. The van der Waals surface area contributed by atoms with Crippen LogP contribution in [0.25, 0.3) is 0 Å². The fourth-order valence-electron chi connectivity index (χ4n) is 3.81. The van der Waals surface area contributed by atoms with Crippen LogP contribution in [0.3, 0.4) is 0 Å². The molecule has 1 aromatic heterocycles. The van der Waals surface area contributed by atoms with Crippen molar-refractivity contribution in [3.05, 3.63) is 65.6 Å². The predicted octanol–water partition coefficient (Wildman–Crippen LogP) is 4.48. The Morgan fingerprint density at radius 1 is 1.18 bits per heavy atom. The summed E-state index contributed by atoms with van der Waals surface area (Å²) in [5.74, 6) is 0.942. The van der Waals surface area contributed by atoms with Crippen LogP contribution in [0.15, 0.2) is 64.4 Å². The van der Waals surface area contributed by atoms with Crippen LogP contribution in [-0.4, -0.2) is 22.6 Å². The van der Waals surface area contributed by atoms with Crippen LogP contribution in [0, 0.1) is 5.92 Å². The topological polar surface area (TPSA) is 92.5 Å². The molecular formula is C23H31N5. The van der Waals surface area contributed by atoms with Gasteiger partial charge in [-0.25, -0.2) is 4.99 Å². The van der Waals surface area contributed by atoms with E-state index in [9.17, 15) is 0 Å². The SMILES string of the molecule is CCc1ccccc1N=C(N)/C(=C/N)C(=NC1CCCCC1C)c1ccc[nH]1.